The van der Waals surface area contributed by atoms with E-state index in [0.717, 1.165) is 29.5 Å². The molecule has 158 valence electrons. The average Bonchev–Trinajstić information content (AvgIpc) is 2.78. The molecule has 2 aromatic carbocycles. The van der Waals surface area contributed by atoms with Crippen molar-refractivity contribution < 1.29 is 19.1 Å². The van der Waals surface area contributed by atoms with Gasteiger partial charge in [0.25, 0.3) is 0 Å². The van der Waals surface area contributed by atoms with Gasteiger partial charge < -0.3 is 9.47 Å². The van der Waals surface area contributed by atoms with Gasteiger partial charge in [-0.05, 0) is 42.4 Å². The van der Waals surface area contributed by atoms with E-state index in [0.29, 0.717) is 25.7 Å². The van der Waals surface area contributed by atoms with E-state index >= 15 is 0 Å². The number of fused-ring (bicyclic) bond motifs is 2. The summed E-state index contributed by atoms with van der Waals surface area (Å²) in [5.74, 6) is -0.509. The summed E-state index contributed by atoms with van der Waals surface area (Å²) in [7, 11) is 2.88. The Hall–Kier alpha value is -2.14. The Balaban J connectivity index is 2.06. The first-order valence-corrected chi connectivity index (χ1v) is 11.3. The lowest BCUT2D eigenvalue weighted by Crippen LogP contribution is -2.65. The van der Waals surface area contributed by atoms with Gasteiger partial charge in [0, 0.05) is 0 Å². The standard InChI is InChI=1S/C25H27BrO4/c1-29-21(27)23-14-8-16-24(17-9-15-23,22(28)30-2)25(23,26)20-13-7-6-12-19(20)18-10-4-3-5-11-18/h3-7,10-13H,8-9,14-17H2,1-2H3. The van der Waals surface area contributed by atoms with E-state index in [-0.39, 0.29) is 11.9 Å². The normalized spacial score (nSPS) is 30.4. The molecule has 4 nitrogen and oxygen atoms in total. The van der Waals surface area contributed by atoms with E-state index in [9.17, 15) is 9.59 Å². The summed E-state index contributed by atoms with van der Waals surface area (Å²) in [5, 5.41) is 0. The van der Waals surface area contributed by atoms with E-state index < -0.39 is 15.2 Å². The average molecular weight is 471 g/mol. The summed E-state index contributed by atoms with van der Waals surface area (Å²) >= 11 is 4.09. The third kappa shape index (κ3) is 2.71. The van der Waals surface area contributed by atoms with Crippen LogP contribution in [0.2, 0.25) is 0 Å². The molecule has 30 heavy (non-hydrogen) atoms. The Labute approximate surface area is 186 Å². The fourth-order valence-electron chi connectivity index (χ4n) is 6.03. The van der Waals surface area contributed by atoms with Crippen LogP contribution in [0.15, 0.2) is 54.6 Å². The van der Waals surface area contributed by atoms with Crippen LogP contribution in [0.4, 0.5) is 0 Å². The van der Waals surface area contributed by atoms with Gasteiger partial charge in [-0.15, -0.1) is 0 Å². The van der Waals surface area contributed by atoms with Crippen LogP contribution in [0.5, 0.6) is 0 Å². The number of alkyl halides is 1. The van der Waals surface area contributed by atoms with Crippen LogP contribution < -0.4 is 0 Å². The smallest absolute Gasteiger partial charge is 0.313 e. The maximum atomic E-state index is 13.4. The van der Waals surface area contributed by atoms with E-state index in [2.05, 4.69) is 34.1 Å². The quantitative estimate of drug-likeness (QED) is 0.429. The van der Waals surface area contributed by atoms with Crippen LogP contribution in [-0.4, -0.2) is 26.2 Å². The molecule has 0 amide bonds. The van der Waals surface area contributed by atoms with E-state index in [1.807, 2.05) is 36.4 Å². The maximum absolute atomic E-state index is 13.4. The summed E-state index contributed by atoms with van der Waals surface area (Å²) in [5.41, 5.74) is 1.34. The fraction of sp³-hybridized carbons (Fsp3) is 0.440. The minimum Gasteiger partial charge on any atom is -0.469 e. The monoisotopic (exact) mass is 470 g/mol. The molecule has 2 bridgehead atoms. The molecule has 2 aliphatic carbocycles. The third-order valence-electron chi connectivity index (χ3n) is 7.27. The lowest BCUT2D eigenvalue weighted by atomic mass is 9.46. The zero-order chi connectivity index (χ0) is 21.4. The predicted molar refractivity (Wildman–Crippen MR) is 119 cm³/mol. The van der Waals surface area contributed by atoms with Gasteiger partial charge in [-0.25, -0.2) is 0 Å². The van der Waals surface area contributed by atoms with Crippen LogP contribution in [0.3, 0.4) is 0 Å². The van der Waals surface area contributed by atoms with Gasteiger partial charge in [0.05, 0.1) is 29.4 Å². The number of rotatable bonds is 4. The zero-order valence-electron chi connectivity index (χ0n) is 17.4. The molecule has 2 fully saturated rings. The van der Waals surface area contributed by atoms with Gasteiger partial charge in [-0.1, -0.05) is 83.4 Å². The molecule has 4 rings (SSSR count). The summed E-state index contributed by atoms with van der Waals surface area (Å²) in [4.78, 5) is 26.8. The highest BCUT2D eigenvalue weighted by Gasteiger charge is 2.73. The highest BCUT2D eigenvalue weighted by atomic mass is 79.9. The topological polar surface area (TPSA) is 52.6 Å². The van der Waals surface area contributed by atoms with E-state index in [1.165, 1.54) is 14.2 Å². The number of methoxy groups -OCH3 is 2. The van der Waals surface area contributed by atoms with Crippen molar-refractivity contribution >= 4 is 27.9 Å². The Kier molecular flexibility index (Phi) is 5.52. The van der Waals surface area contributed by atoms with Crippen LogP contribution in [0.1, 0.15) is 44.1 Å². The van der Waals surface area contributed by atoms with E-state index in [4.69, 9.17) is 9.47 Å². The van der Waals surface area contributed by atoms with Gasteiger partial charge >= 0.3 is 11.9 Å². The summed E-state index contributed by atoms with van der Waals surface area (Å²) in [6.07, 6.45) is 4.26. The summed E-state index contributed by atoms with van der Waals surface area (Å²) in [6, 6.07) is 18.2. The molecule has 0 radical (unpaired) electrons. The molecule has 0 spiro atoms. The molecule has 0 unspecified atom stereocenters. The second-order valence-corrected chi connectivity index (χ2v) is 9.61. The lowest BCUT2D eigenvalue weighted by Gasteiger charge is -2.61. The molecule has 5 heteroatoms. The Morgan fingerprint density at radius 1 is 0.767 bits per heavy atom. The van der Waals surface area contributed by atoms with Crippen molar-refractivity contribution in [3.8, 4) is 11.1 Å². The van der Waals surface area contributed by atoms with Crippen molar-refractivity contribution in [1.82, 2.24) is 0 Å². The lowest BCUT2D eigenvalue weighted by molar-refractivity contribution is -0.181. The van der Waals surface area contributed by atoms with Crippen LogP contribution in [0, 0.1) is 10.8 Å². The number of esters is 2. The molecule has 0 saturated heterocycles. The van der Waals surface area contributed by atoms with E-state index in [1.54, 1.807) is 0 Å². The molecule has 0 aliphatic heterocycles. The highest BCUT2D eigenvalue weighted by molar-refractivity contribution is 9.09. The van der Waals surface area contributed by atoms with Gasteiger partial charge in [-0.2, -0.15) is 0 Å². The SMILES string of the molecule is COC(=O)C12CCCC(C(=O)OC)(CCC1)C2(Br)c1ccccc1-c1ccccc1. The number of halogens is 1. The number of hydrogen-bond donors (Lipinski definition) is 0. The molecule has 0 heterocycles. The second kappa shape index (κ2) is 7.84. The van der Waals surface area contributed by atoms with Gasteiger partial charge in [0.1, 0.15) is 0 Å². The Morgan fingerprint density at radius 3 is 1.73 bits per heavy atom. The Bertz CT molecular complexity index is 911. The van der Waals surface area contributed by atoms with Crippen LogP contribution in [-0.2, 0) is 23.4 Å². The number of carbonyl (C=O) groups excluding carboxylic acids is 2. The van der Waals surface area contributed by atoms with Crippen molar-refractivity contribution in [2.75, 3.05) is 14.2 Å². The third-order valence-corrected chi connectivity index (χ3v) is 9.21. The fourth-order valence-corrected chi connectivity index (χ4v) is 7.49. The first-order chi connectivity index (χ1) is 14.5. The first kappa shape index (κ1) is 21.1. The first-order valence-electron chi connectivity index (χ1n) is 10.5. The highest BCUT2D eigenvalue weighted by Crippen LogP contribution is 2.72. The molecule has 0 N–H and O–H groups in total. The van der Waals surface area contributed by atoms with Crippen molar-refractivity contribution in [3.05, 3.63) is 60.2 Å². The summed E-state index contributed by atoms with van der Waals surface area (Å²) in [6.45, 7) is 0. The molecular formula is C25H27BrO4. The van der Waals surface area contributed by atoms with Gasteiger partial charge in [0.15, 0.2) is 0 Å². The molecule has 2 aromatic rings. The molecule has 2 saturated carbocycles. The van der Waals surface area contributed by atoms with Gasteiger partial charge in [-0.3, -0.25) is 9.59 Å². The molecular weight excluding hydrogens is 444 g/mol. The van der Waals surface area contributed by atoms with Gasteiger partial charge in [0.2, 0.25) is 0 Å². The van der Waals surface area contributed by atoms with Crippen LogP contribution in [0.25, 0.3) is 11.1 Å². The minimum absolute atomic E-state index is 0.255. The predicted octanol–water partition coefficient (Wildman–Crippen LogP) is 5.63. The number of benzene rings is 2. The van der Waals surface area contributed by atoms with Crippen molar-refractivity contribution in [2.45, 2.75) is 42.8 Å². The van der Waals surface area contributed by atoms with Crippen molar-refractivity contribution in [2.24, 2.45) is 10.8 Å². The maximum Gasteiger partial charge on any atom is 0.313 e. The molecule has 0 atom stereocenters. The number of hydrogen-bond acceptors (Lipinski definition) is 4. The minimum atomic E-state index is -0.921. The molecule has 0 aromatic heterocycles. The second-order valence-electron chi connectivity index (χ2n) is 8.42. The molecule has 2 aliphatic rings. The number of ether oxygens (including phenoxy) is 2. The number of carbonyl (C=O) groups is 2. The summed E-state index contributed by atoms with van der Waals surface area (Å²) < 4.78 is 9.81. The largest absolute Gasteiger partial charge is 0.469 e. The van der Waals surface area contributed by atoms with Crippen molar-refractivity contribution in [3.63, 3.8) is 0 Å². The Morgan fingerprint density at radius 2 is 1.23 bits per heavy atom. The van der Waals surface area contributed by atoms with Crippen LogP contribution >= 0.6 is 15.9 Å². The van der Waals surface area contributed by atoms with Crippen molar-refractivity contribution in [1.29, 1.82) is 0 Å². The zero-order valence-corrected chi connectivity index (χ0v) is 19.0.